The second-order valence-corrected chi connectivity index (χ2v) is 33.7. The first-order valence-corrected chi connectivity index (χ1v) is 45.6. The number of hydrogen-bond donors (Lipinski definition) is 0. The molecule has 0 amide bonds. The molecule has 0 unspecified atom stereocenters. The zero-order chi connectivity index (χ0) is 91.4. The Balaban J connectivity index is 0.000000111. The molecule has 0 radical (unpaired) electrons. The molecular weight excluding hydrogens is 1700 g/mol. The van der Waals surface area contributed by atoms with Gasteiger partial charge in [0.15, 0.2) is 34.2 Å². The molecule has 9 aromatic heterocycles. The quantitative estimate of drug-likeness (QED) is 0.0939. The van der Waals surface area contributed by atoms with Crippen molar-refractivity contribution in [1.82, 2.24) is 44.9 Å². The van der Waals surface area contributed by atoms with Crippen LogP contribution in [0.1, 0.15) is 0 Å². The van der Waals surface area contributed by atoms with Crippen molar-refractivity contribution in [1.29, 1.82) is 0 Å². The second-order valence-electron chi connectivity index (χ2n) is 33.7. The van der Waals surface area contributed by atoms with Crippen molar-refractivity contribution in [3.05, 3.63) is 455 Å². The van der Waals surface area contributed by atoms with Crippen LogP contribution in [0.5, 0.6) is 0 Å². The lowest BCUT2D eigenvalue weighted by Crippen LogP contribution is -1.96. The Labute approximate surface area is 789 Å². The van der Waals surface area contributed by atoms with Crippen LogP contribution in [0.2, 0.25) is 0 Å². The first-order chi connectivity index (χ1) is 68.3. The molecule has 0 saturated carbocycles. The van der Waals surface area contributed by atoms with Crippen LogP contribution in [-0.4, -0.2) is 44.9 Å². The number of nitrogens with zero attached hydrogens (tertiary/aromatic N) is 9. The van der Waals surface area contributed by atoms with Gasteiger partial charge in [0.2, 0.25) is 17.7 Å². The van der Waals surface area contributed by atoms with Gasteiger partial charge in [-0.05, 0) is 130 Å². The fourth-order valence-corrected chi connectivity index (χ4v) is 18.4. The Bertz CT molecular complexity index is 9110. The minimum absolute atomic E-state index is 0.519. The van der Waals surface area contributed by atoms with Crippen LogP contribution < -0.4 is 0 Å². The number of benzene rings is 18. The molecule has 0 atom stereocenters. The highest BCUT2D eigenvalue weighted by Crippen LogP contribution is 2.47. The van der Waals surface area contributed by atoms with Crippen molar-refractivity contribution in [2.75, 3.05) is 0 Å². The molecule has 138 heavy (non-hydrogen) atoms. The molecule has 9 heterocycles. The van der Waals surface area contributed by atoms with Gasteiger partial charge in [0, 0.05) is 82.4 Å². The Kier molecular flexibility index (Phi) is 20.5. The number of hydrogen-bond acceptors (Lipinski definition) is 15. The molecule has 27 rings (SSSR count). The molecule has 0 saturated heterocycles. The maximum atomic E-state index is 6.59. The Morgan fingerprint density at radius 3 is 0.768 bits per heavy atom. The summed E-state index contributed by atoms with van der Waals surface area (Å²) >= 11 is 0. The molecule has 18 aromatic carbocycles. The van der Waals surface area contributed by atoms with Gasteiger partial charge in [-0.1, -0.05) is 358 Å². The monoisotopic (exact) mass is 1770 g/mol. The van der Waals surface area contributed by atoms with Crippen molar-refractivity contribution in [3.63, 3.8) is 0 Å². The summed E-state index contributed by atoms with van der Waals surface area (Å²) in [4.78, 5) is 45.0. The van der Waals surface area contributed by atoms with E-state index in [0.717, 1.165) is 217 Å². The van der Waals surface area contributed by atoms with Gasteiger partial charge >= 0.3 is 0 Å². The average Bonchev–Trinajstić information content (AvgIpc) is 1.60. The molecule has 0 fully saturated rings. The summed E-state index contributed by atoms with van der Waals surface area (Å²) in [5.41, 5.74) is 32.3. The third-order valence-electron chi connectivity index (χ3n) is 25.1. The molecule has 0 N–H and O–H groups in total. The SMILES string of the molecule is c1ccc(-c2cc(-c3cccc4oc5c(-c6nc7ccccc7o6)cccc5c34)nc(-c3ccccc3)n2)cc1.c1ccc(-c2ccc(-c3cc(-c4cccc(-c5ccccc5)c4)nc(-c4cccc5oc6c(-c7nc8ccccc8o7)cccc6c45)n3)cc2)cc1.c1ccc(-c2ccc(-c3cc(-c4cccc5oc6c(-c7nc8ccccc8o7)cccc6c45)nc(-c4ccccc4)n3)cc2)cc1. The van der Waals surface area contributed by atoms with E-state index in [2.05, 4.69) is 212 Å². The predicted octanol–water partition coefficient (Wildman–Crippen LogP) is 32.6. The fraction of sp³-hybridized carbons (Fsp3) is 0. The van der Waals surface area contributed by atoms with E-state index in [4.69, 9.17) is 71.4 Å². The summed E-state index contributed by atoms with van der Waals surface area (Å²) in [6.45, 7) is 0. The van der Waals surface area contributed by atoms with Crippen LogP contribution in [0.25, 0.3) is 269 Å². The highest BCUT2D eigenvalue weighted by molar-refractivity contribution is 6.18. The third kappa shape index (κ3) is 15.4. The largest absolute Gasteiger partial charge is 0.455 e. The molecule has 0 aliphatic carbocycles. The average molecular weight is 1780 g/mol. The summed E-state index contributed by atoms with van der Waals surface area (Å²) in [7, 11) is 0. The summed E-state index contributed by atoms with van der Waals surface area (Å²) in [6, 6.07) is 153. The minimum atomic E-state index is 0.519. The van der Waals surface area contributed by atoms with Gasteiger partial charge in [-0.15, -0.1) is 0 Å². The lowest BCUT2D eigenvalue weighted by Gasteiger charge is -2.12. The van der Waals surface area contributed by atoms with Crippen molar-refractivity contribution in [3.8, 4) is 169 Å². The van der Waals surface area contributed by atoms with Crippen LogP contribution in [0.4, 0.5) is 0 Å². The second kappa shape index (κ2) is 35.0. The molecule has 15 heteroatoms. The van der Waals surface area contributed by atoms with E-state index < -0.39 is 0 Å². The van der Waals surface area contributed by atoms with Gasteiger partial charge in [0.25, 0.3) is 0 Å². The Morgan fingerprint density at radius 2 is 0.384 bits per heavy atom. The van der Waals surface area contributed by atoms with Crippen LogP contribution in [0.15, 0.2) is 481 Å². The van der Waals surface area contributed by atoms with Crippen LogP contribution in [0.3, 0.4) is 0 Å². The van der Waals surface area contributed by atoms with Crippen LogP contribution >= 0.6 is 0 Å². The van der Waals surface area contributed by atoms with Gasteiger partial charge in [0.05, 0.1) is 50.9 Å². The molecule has 0 bridgehead atoms. The van der Waals surface area contributed by atoms with Gasteiger partial charge in [-0.25, -0.2) is 44.9 Å². The molecule has 648 valence electrons. The van der Waals surface area contributed by atoms with Crippen molar-refractivity contribution < 1.29 is 26.5 Å². The van der Waals surface area contributed by atoms with Gasteiger partial charge in [0.1, 0.15) is 50.0 Å². The van der Waals surface area contributed by atoms with E-state index >= 15 is 0 Å². The maximum Gasteiger partial charge on any atom is 0.231 e. The molecule has 27 aromatic rings. The van der Waals surface area contributed by atoms with Crippen molar-refractivity contribution >= 4 is 99.1 Å². The topological polar surface area (TPSA) is 195 Å². The van der Waals surface area contributed by atoms with Gasteiger partial charge in [-0.3, -0.25) is 0 Å². The number of fused-ring (bicyclic) bond motifs is 12. The van der Waals surface area contributed by atoms with E-state index in [-0.39, 0.29) is 0 Å². The summed E-state index contributed by atoms with van der Waals surface area (Å²) in [5, 5.41) is 5.81. The van der Waals surface area contributed by atoms with Crippen LogP contribution in [0, 0.1) is 0 Å². The highest BCUT2D eigenvalue weighted by Gasteiger charge is 2.27. The number of oxazole rings is 3. The summed E-state index contributed by atoms with van der Waals surface area (Å²) < 4.78 is 38.1. The summed E-state index contributed by atoms with van der Waals surface area (Å²) in [5.74, 6) is 3.54. The fourth-order valence-electron chi connectivity index (χ4n) is 18.4. The van der Waals surface area contributed by atoms with Crippen molar-refractivity contribution in [2.45, 2.75) is 0 Å². The highest BCUT2D eigenvalue weighted by atomic mass is 16.4. The van der Waals surface area contributed by atoms with Crippen LogP contribution in [-0.2, 0) is 0 Å². The third-order valence-corrected chi connectivity index (χ3v) is 25.1. The van der Waals surface area contributed by atoms with E-state index in [0.29, 0.717) is 40.7 Å². The molecule has 0 spiro atoms. The first kappa shape index (κ1) is 81.0. The lowest BCUT2D eigenvalue weighted by molar-refractivity contribution is 0.614. The van der Waals surface area contributed by atoms with E-state index in [1.807, 2.05) is 243 Å². The lowest BCUT2D eigenvalue weighted by atomic mass is 9.99. The maximum absolute atomic E-state index is 6.59. The summed E-state index contributed by atoms with van der Waals surface area (Å²) in [6.07, 6.45) is 0. The molecule has 0 aliphatic heterocycles. The Hall–Kier alpha value is -19.0. The van der Waals surface area contributed by atoms with Gasteiger partial charge in [-0.2, -0.15) is 0 Å². The number of aromatic nitrogens is 9. The number of para-hydroxylation sites is 9. The number of furan rings is 3. The minimum Gasteiger partial charge on any atom is -0.455 e. The molecular formula is C123H75N9O6. The molecule has 15 nitrogen and oxygen atoms in total. The predicted molar refractivity (Wildman–Crippen MR) is 552 cm³/mol. The normalized spacial score (nSPS) is 11.5. The smallest absolute Gasteiger partial charge is 0.231 e. The first-order valence-electron chi connectivity index (χ1n) is 45.6. The zero-order valence-corrected chi connectivity index (χ0v) is 73.8. The molecule has 0 aliphatic rings. The standard InChI is InChI=1S/C47H29N3O2.C41H25N3O2.C35H21N3O2/c1-3-12-30(13-4-1)32-24-26-33(27-25-32)40-29-41(35-17-9-16-34(28-35)31-14-5-2-6-15-31)49-46(48-40)37-19-11-23-43-44(37)36-18-10-20-38(45(36)51-43)47-50-39-21-7-8-22-42(39)52-47;1-3-11-26(12-4-1)27-21-23-28(24-22-27)34-25-35(43-40(42-34)29-13-5-2-6-14-29)30-15-10-20-37-38(30)31-16-9-17-32(39(31)45-37)41-44-33-18-7-8-19-36(33)46-41;1-3-11-22(12-4-1)28-21-29(37-34(36-28)23-13-5-2-6-14-23)24-15-10-20-31-32(24)25-16-9-17-26(33(25)39-31)35-38-27-18-7-8-19-30(27)40-35/h1-29H;1-25H;1-21H. The number of rotatable bonds is 15. The van der Waals surface area contributed by atoms with Crippen molar-refractivity contribution in [2.24, 2.45) is 0 Å². The van der Waals surface area contributed by atoms with Gasteiger partial charge < -0.3 is 26.5 Å². The van der Waals surface area contributed by atoms with E-state index in [9.17, 15) is 0 Å². The van der Waals surface area contributed by atoms with E-state index in [1.54, 1.807) is 0 Å². The Morgan fingerprint density at radius 1 is 0.138 bits per heavy atom. The zero-order valence-electron chi connectivity index (χ0n) is 73.8. The van der Waals surface area contributed by atoms with E-state index in [1.165, 1.54) is 11.1 Å².